The average Bonchev–Trinajstić information content (AvgIpc) is 3.23. The molecule has 2 fully saturated rings. The van der Waals surface area contributed by atoms with Crippen LogP contribution in [0.4, 0.5) is 0 Å². The number of hydrogen-bond donors (Lipinski definition) is 0. The smallest absolute Gasteiger partial charge is 0.320 e. The molecule has 2 heteroatoms. The van der Waals surface area contributed by atoms with Gasteiger partial charge in [0.05, 0.1) is 7.11 Å². The normalized spacial score (nSPS) is 28.4. The molecule has 20 heavy (non-hydrogen) atoms. The van der Waals surface area contributed by atoms with Crippen LogP contribution in [0.3, 0.4) is 0 Å². The fourth-order valence-electron chi connectivity index (χ4n) is 3.53. The molecule has 1 aromatic rings. The van der Waals surface area contributed by atoms with E-state index in [0.717, 1.165) is 12.0 Å². The molecule has 2 nitrogen and oxygen atoms in total. The molecule has 0 aromatic heterocycles. The van der Waals surface area contributed by atoms with Gasteiger partial charge in [-0.2, -0.15) is 0 Å². The minimum Gasteiger partial charge on any atom is -0.468 e. The number of hydrogen-bond acceptors (Lipinski definition) is 2. The lowest BCUT2D eigenvalue weighted by atomic mass is 9.87. The molecule has 2 saturated carbocycles. The Morgan fingerprint density at radius 1 is 1.20 bits per heavy atom. The Labute approximate surface area is 120 Å². The van der Waals surface area contributed by atoms with Gasteiger partial charge in [-0.3, -0.25) is 4.79 Å². The van der Waals surface area contributed by atoms with Crippen molar-refractivity contribution in [1.82, 2.24) is 0 Å². The lowest BCUT2D eigenvalue weighted by Crippen LogP contribution is -2.22. The van der Waals surface area contributed by atoms with E-state index in [2.05, 4.69) is 6.08 Å². The van der Waals surface area contributed by atoms with E-state index in [1.165, 1.54) is 44.8 Å². The minimum atomic E-state index is -0.479. The first-order valence-electron chi connectivity index (χ1n) is 7.62. The summed E-state index contributed by atoms with van der Waals surface area (Å²) in [6, 6.07) is 10.1. The standard InChI is InChI=1S/C18H22O2/c1-20-17(19)18(15-10-6-3-7-11-15)13-16(18)12-14-8-4-2-5-9-14/h3,6-7,10-12,14H,2,4-5,8-9,13H2,1H3/b16-12+. The van der Waals surface area contributed by atoms with E-state index < -0.39 is 5.41 Å². The second-order valence-corrected chi connectivity index (χ2v) is 6.03. The van der Waals surface area contributed by atoms with Crippen LogP contribution in [0.15, 0.2) is 42.0 Å². The molecule has 0 heterocycles. The monoisotopic (exact) mass is 270 g/mol. The predicted octanol–water partition coefficient (Wildman–Crippen LogP) is 4.01. The summed E-state index contributed by atoms with van der Waals surface area (Å²) in [5.41, 5.74) is 1.87. The lowest BCUT2D eigenvalue weighted by Gasteiger charge is -2.18. The molecule has 1 unspecified atom stereocenters. The summed E-state index contributed by atoms with van der Waals surface area (Å²) >= 11 is 0. The van der Waals surface area contributed by atoms with Gasteiger partial charge in [-0.1, -0.05) is 61.2 Å². The highest BCUT2D eigenvalue weighted by Crippen LogP contribution is 2.55. The number of allylic oxidation sites excluding steroid dienone is 1. The van der Waals surface area contributed by atoms with Gasteiger partial charge in [0.25, 0.3) is 0 Å². The van der Waals surface area contributed by atoms with Gasteiger partial charge in [0.1, 0.15) is 5.41 Å². The fourth-order valence-corrected chi connectivity index (χ4v) is 3.53. The maximum atomic E-state index is 12.3. The van der Waals surface area contributed by atoms with Crippen LogP contribution in [0.5, 0.6) is 0 Å². The van der Waals surface area contributed by atoms with Crippen LogP contribution >= 0.6 is 0 Å². The zero-order valence-electron chi connectivity index (χ0n) is 12.1. The second-order valence-electron chi connectivity index (χ2n) is 6.03. The summed E-state index contributed by atoms with van der Waals surface area (Å²) in [7, 11) is 1.49. The largest absolute Gasteiger partial charge is 0.468 e. The Balaban J connectivity index is 1.87. The van der Waals surface area contributed by atoms with E-state index in [9.17, 15) is 4.79 Å². The van der Waals surface area contributed by atoms with Crippen LogP contribution in [0.2, 0.25) is 0 Å². The molecule has 0 radical (unpaired) electrons. The number of carbonyl (C=O) groups excluding carboxylic acids is 1. The van der Waals surface area contributed by atoms with Crippen molar-refractivity contribution >= 4 is 5.97 Å². The number of benzene rings is 1. The van der Waals surface area contributed by atoms with Gasteiger partial charge in [0, 0.05) is 0 Å². The van der Waals surface area contributed by atoms with Gasteiger partial charge in [-0.15, -0.1) is 0 Å². The molecular formula is C18H22O2. The summed E-state index contributed by atoms with van der Waals surface area (Å²) < 4.78 is 5.07. The molecule has 2 aliphatic rings. The third kappa shape index (κ3) is 2.28. The number of methoxy groups -OCH3 is 1. The molecule has 1 atom stereocenters. The van der Waals surface area contributed by atoms with E-state index in [-0.39, 0.29) is 5.97 Å². The zero-order chi connectivity index (χ0) is 14.0. The summed E-state index contributed by atoms with van der Waals surface area (Å²) in [6.07, 6.45) is 9.75. The topological polar surface area (TPSA) is 26.3 Å². The molecule has 0 aliphatic heterocycles. The van der Waals surface area contributed by atoms with Crippen molar-refractivity contribution in [3.05, 3.63) is 47.5 Å². The summed E-state index contributed by atoms with van der Waals surface area (Å²) in [5.74, 6) is 0.555. The second kappa shape index (κ2) is 5.43. The first kappa shape index (κ1) is 13.4. The van der Waals surface area contributed by atoms with E-state index in [4.69, 9.17) is 4.74 Å². The van der Waals surface area contributed by atoms with Crippen molar-refractivity contribution in [2.24, 2.45) is 5.92 Å². The van der Waals surface area contributed by atoms with Gasteiger partial charge in [-0.25, -0.2) is 0 Å². The Bertz CT molecular complexity index is 511. The Morgan fingerprint density at radius 3 is 2.55 bits per heavy atom. The minimum absolute atomic E-state index is 0.106. The van der Waals surface area contributed by atoms with Crippen LogP contribution in [0.25, 0.3) is 0 Å². The van der Waals surface area contributed by atoms with Gasteiger partial charge in [-0.05, 0) is 30.7 Å². The van der Waals surface area contributed by atoms with E-state index in [1.807, 2.05) is 30.3 Å². The highest BCUT2D eigenvalue weighted by molar-refractivity contribution is 5.93. The van der Waals surface area contributed by atoms with Gasteiger partial charge in [0.2, 0.25) is 0 Å². The number of rotatable bonds is 3. The molecule has 106 valence electrons. The van der Waals surface area contributed by atoms with Crippen LogP contribution in [-0.4, -0.2) is 13.1 Å². The Kier molecular flexibility index (Phi) is 3.64. The highest BCUT2D eigenvalue weighted by Gasteiger charge is 2.57. The van der Waals surface area contributed by atoms with Crippen LogP contribution in [0, 0.1) is 5.92 Å². The SMILES string of the molecule is COC(=O)C1(c2ccccc2)C/C1=C\C1CCCCC1. The maximum absolute atomic E-state index is 12.3. The van der Waals surface area contributed by atoms with Crippen molar-refractivity contribution in [3.8, 4) is 0 Å². The number of carbonyl (C=O) groups is 1. The van der Waals surface area contributed by atoms with Gasteiger partial charge < -0.3 is 4.74 Å². The highest BCUT2D eigenvalue weighted by atomic mass is 16.5. The molecule has 0 amide bonds. The molecule has 0 bridgehead atoms. The van der Waals surface area contributed by atoms with Crippen molar-refractivity contribution < 1.29 is 9.53 Å². The lowest BCUT2D eigenvalue weighted by molar-refractivity contribution is -0.143. The molecular weight excluding hydrogens is 248 g/mol. The Hall–Kier alpha value is -1.57. The summed E-state index contributed by atoms with van der Waals surface area (Å²) in [6.45, 7) is 0. The molecule has 0 saturated heterocycles. The van der Waals surface area contributed by atoms with Crippen LogP contribution in [-0.2, 0) is 14.9 Å². The summed E-state index contributed by atoms with van der Waals surface area (Å²) in [4.78, 5) is 12.3. The van der Waals surface area contributed by atoms with Gasteiger partial charge >= 0.3 is 5.97 Å². The third-order valence-electron chi connectivity index (χ3n) is 4.77. The predicted molar refractivity (Wildman–Crippen MR) is 79.4 cm³/mol. The van der Waals surface area contributed by atoms with E-state index >= 15 is 0 Å². The van der Waals surface area contributed by atoms with Crippen LogP contribution in [0.1, 0.15) is 44.1 Å². The number of esters is 1. The third-order valence-corrected chi connectivity index (χ3v) is 4.77. The van der Waals surface area contributed by atoms with E-state index in [1.54, 1.807) is 0 Å². The molecule has 0 spiro atoms. The van der Waals surface area contributed by atoms with Crippen molar-refractivity contribution in [2.75, 3.05) is 7.11 Å². The van der Waals surface area contributed by atoms with Crippen LogP contribution < -0.4 is 0 Å². The summed E-state index contributed by atoms with van der Waals surface area (Å²) in [5, 5.41) is 0. The van der Waals surface area contributed by atoms with E-state index in [0.29, 0.717) is 5.92 Å². The van der Waals surface area contributed by atoms with Crippen molar-refractivity contribution in [2.45, 2.75) is 43.9 Å². The van der Waals surface area contributed by atoms with Gasteiger partial charge in [0.15, 0.2) is 0 Å². The molecule has 0 N–H and O–H groups in total. The molecule has 3 rings (SSSR count). The quantitative estimate of drug-likeness (QED) is 0.613. The molecule has 2 aliphatic carbocycles. The first-order chi connectivity index (χ1) is 9.77. The maximum Gasteiger partial charge on any atom is 0.320 e. The number of ether oxygens (including phenoxy) is 1. The van der Waals surface area contributed by atoms with Crippen molar-refractivity contribution in [1.29, 1.82) is 0 Å². The first-order valence-corrected chi connectivity index (χ1v) is 7.62. The Morgan fingerprint density at radius 2 is 1.90 bits per heavy atom. The molecule has 1 aromatic carbocycles. The van der Waals surface area contributed by atoms with Crippen molar-refractivity contribution in [3.63, 3.8) is 0 Å². The fraction of sp³-hybridized carbons (Fsp3) is 0.500. The average molecular weight is 270 g/mol. The zero-order valence-corrected chi connectivity index (χ0v) is 12.1.